The fraction of sp³-hybridized carbons (Fsp3) is 0.286. The first-order chi connectivity index (χ1) is 13.6. The van der Waals surface area contributed by atoms with E-state index in [0.29, 0.717) is 29.7 Å². The topological polar surface area (TPSA) is 57.0 Å². The molecule has 0 saturated carbocycles. The molecule has 1 atom stereocenters. The first-order valence-electron chi connectivity index (χ1n) is 9.15. The van der Waals surface area contributed by atoms with E-state index in [1.54, 1.807) is 25.1 Å². The van der Waals surface area contributed by atoms with Gasteiger partial charge >= 0.3 is 5.97 Å². The van der Waals surface area contributed by atoms with Gasteiger partial charge in [0.1, 0.15) is 11.1 Å². The van der Waals surface area contributed by atoms with Gasteiger partial charge in [-0.2, -0.15) is 0 Å². The smallest absolute Gasteiger partial charge is 0.319 e. The quantitative estimate of drug-likeness (QED) is 0.410. The predicted molar refractivity (Wildman–Crippen MR) is 108 cm³/mol. The van der Waals surface area contributed by atoms with Crippen molar-refractivity contribution in [2.75, 3.05) is 6.61 Å². The van der Waals surface area contributed by atoms with Crippen molar-refractivity contribution in [1.82, 2.24) is 14.8 Å². The Morgan fingerprint density at radius 1 is 1.14 bits per heavy atom. The van der Waals surface area contributed by atoms with Crippen LogP contribution >= 0.6 is 11.8 Å². The number of hydrogen-bond donors (Lipinski definition) is 0. The van der Waals surface area contributed by atoms with E-state index in [-0.39, 0.29) is 11.8 Å². The van der Waals surface area contributed by atoms with Crippen LogP contribution < -0.4 is 0 Å². The number of hydrogen-bond acceptors (Lipinski definition) is 5. The molecule has 7 heteroatoms. The predicted octanol–water partition coefficient (Wildman–Crippen LogP) is 4.57. The summed E-state index contributed by atoms with van der Waals surface area (Å²) in [5.74, 6) is -0.233. The lowest BCUT2D eigenvalue weighted by Crippen LogP contribution is -2.18. The molecule has 1 unspecified atom stereocenters. The van der Waals surface area contributed by atoms with Crippen LogP contribution in [-0.2, 0) is 16.1 Å². The van der Waals surface area contributed by atoms with Crippen molar-refractivity contribution in [3.8, 4) is 11.4 Å². The van der Waals surface area contributed by atoms with E-state index >= 15 is 0 Å². The molecule has 0 spiro atoms. The van der Waals surface area contributed by atoms with Crippen LogP contribution in [0.15, 0.2) is 59.8 Å². The number of benzene rings is 2. The standard InChI is InChI=1S/C21H22FN3O2S/c1-3-13-27-20(26)15(2)28-21-24-23-19(17-11-7-8-12-18(17)22)25(21)14-16-9-5-4-6-10-16/h4-12,15H,3,13-14H2,1-2H3. The van der Waals surface area contributed by atoms with E-state index in [4.69, 9.17) is 4.74 Å². The second kappa shape index (κ2) is 9.50. The summed E-state index contributed by atoms with van der Waals surface area (Å²) in [5.41, 5.74) is 1.40. The van der Waals surface area contributed by atoms with E-state index < -0.39 is 5.25 Å². The molecule has 3 rings (SSSR count). The maximum Gasteiger partial charge on any atom is 0.319 e. The molecule has 0 saturated heterocycles. The number of nitrogens with zero attached hydrogens (tertiary/aromatic N) is 3. The fourth-order valence-electron chi connectivity index (χ4n) is 2.65. The minimum absolute atomic E-state index is 0.298. The zero-order valence-corrected chi connectivity index (χ0v) is 16.7. The molecule has 0 aliphatic heterocycles. The number of carbonyl (C=O) groups is 1. The average molecular weight is 399 g/mol. The van der Waals surface area contributed by atoms with Crippen LogP contribution in [0.4, 0.5) is 4.39 Å². The van der Waals surface area contributed by atoms with Gasteiger partial charge in [0.15, 0.2) is 11.0 Å². The molecule has 3 aromatic rings. The first-order valence-corrected chi connectivity index (χ1v) is 10.0. The van der Waals surface area contributed by atoms with Crippen LogP contribution in [0.1, 0.15) is 25.8 Å². The second-order valence-electron chi connectivity index (χ2n) is 6.29. The van der Waals surface area contributed by atoms with Crippen LogP contribution in [-0.4, -0.2) is 32.6 Å². The third kappa shape index (κ3) is 4.78. The monoisotopic (exact) mass is 399 g/mol. The molecule has 0 amide bonds. The molecule has 5 nitrogen and oxygen atoms in total. The third-order valence-corrected chi connectivity index (χ3v) is 5.14. The van der Waals surface area contributed by atoms with E-state index in [9.17, 15) is 9.18 Å². The van der Waals surface area contributed by atoms with E-state index in [2.05, 4.69) is 10.2 Å². The van der Waals surface area contributed by atoms with Crippen molar-refractivity contribution < 1.29 is 13.9 Å². The Labute approximate surface area is 167 Å². The molecular formula is C21H22FN3O2S. The Bertz CT molecular complexity index is 930. The van der Waals surface area contributed by atoms with Crippen LogP contribution in [0.25, 0.3) is 11.4 Å². The highest BCUT2D eigenvalue weighted by molar-refractivity contribution is 8.00. The molecule has 0 aliphatic rings. The highest BCUT2D eigenvalue weighted by atomic mass is 32.2. The second-order valence-corrected chi connectivity index (χ2v) is 7.59. The Kier molecular flexibility index (Phi) is 6.81. The lowest BCUT2D eigenvalue weighted by atomic mass is 10.2. The first kappa shape index (κ1) is 20.1. The summed E-state index contributed by atoms with van der Waals surface area (Å²) in [6, 6.07) is 16.3. The molecule has 0 bridgehead atoms. The van der Waals surface area contributed by atoms with Gasteiger partial charge in [-0.05, 0) is 31.0 Å². The number of esters is 1. The Morgan fingerprint density at radius 2 is 1.86 bits per heavy atom. The van der Waals surface area contributed by atoms with Crippen molar-refractivity contribution in [3.05, 3.63) is 66.0 Å². The third-order valence-electron chi connectivity index (χ3n) is 4.08. The lowest BCUT2D eigenvalue weighted by molar-refractivity contribution is -0.142. The van der Waals surface area contributed by atoms with Gasteiger partial charge in [0.25, 0.3) is 0 Å². The number of aromatic nitrogens is 3. The van der Waals surface area contributed by atoms with Gasteiger partial charge in [-0.25, -0.2) is 4.39 Å². The lowest BCUT2D eigenvalue weighted by Gasteiger charge is -2.13. The SMILES string of the molecule is CCCOC(=O)C(C)Sc1nnc(-c2ccccc2F)n1Cc1ccccc1. The van der Waals surface area contributed by atoms with Gasteiger partial charge in [-0.1, -0.05) is 61.2 Å². The van der Waals surface area contributed by atoms with Gasteiger partial charge in [-0.15, -0.1) is 10.2 Å². The van der Waals surface area contributed by atoms with Gasteiger partial charge in [0.2, 0.25) is 0 Å². The molecule has 0 aliphatic carbocycles. The number of thioether (sulfide) groups is 1. The number of ether oxygens (including phenoxy) is 1. The molecule has 0 radical (unpaired) electrons. The van der Waals surface area contributed by atoms with Crippen molar-refractivity contribution in [2.45, 2.75) is 37.2 Å². The maximum atomic E-state index is 14.4. The largest absolute Gasteiger partial charge is 0.465 e. The summed E-state index contributed by atoms with van der Waals surface area (Å²) in [7, 11) is 0. The molecule has 146 valence electrons. The molecule has 28 heavy (non-hydrogen) atoms. The highest BCUT2D eigenvalue weighted by Crippen LogP contribution is 2.29. The molecule has 0 fully saturated rings. The number of halogens is 1. The Balaban J connectivity index is 1.94. The van der Waals surface area contributed by atoms with Crippen LogP contribution in [0.3, 0.4) is 0 Å². The number of carbonyl (C=O) groups excluding carboxylic acids is 1. The highest BCUT2D eigenvalue weighted by Gasteiger charge is 2.23. The van der Waals surface area contributed by atoms with Crippen molar-refractivity contribution in [2.24, 2.45) is 0 Å². The van der Waals surface area contributed by atoms with Gasteiger partial charge in [-0.3, -0.25) is 9.36 Å². The molecular weight excluding hydrogens is 377 g/mol. The zero-order valence-electron chi connectivity index (χ0n) is 15.8. The van der Waals surface area contributed by atoms with E-state index in [1.165, 1.54) is 17.8 Å². The molecule has 0 N–H and O–H groups in total. The summed E-state index contributed by atoms with van der Waals surface area (Å²) in [6.45, 7) is 4.58. The average Bonchev–Trinajstić information content (AvgIpc) is 3.09. The summed E-state index contributed by atoms with van der Waals surface area (Å²) >= 11 is 1.26. The molecule has 1 aromatic heterocycles. The van der Waals surface area contributed by atoms with E-state index in [1.807, 2.05) is 41.8 Å². The Morgan fingerprint density at radius 3 is 2.57 bits per heavy atom. The van der Waals surface area contributed by atoms with Gasteiger partial charge in [0.05, 0.1) is 18.7 Å². The fourth-order valence-corrected chi connectivity index (χ4v) is 3.50. The van der Waals surface area contributed by atoms with Crippen LogP contribution in [0.5, 0.6) is 0 Å². The Hall–Kier alpha value is -2.67. The van der Waals surface area contributed by atoms with Crippen LogP contribution in [0, 0.1) is 5.82 Å². The zero-order chi connectivity index (χ0) is 19.9. The number of rotatable bonds is 8. The summed E-state index contributed by atoms with van der Waals surface area (Å²) in [5, 5.41) is 8.55. The summed E-state index contributed by atoms with van der Waals surface area (Å²) in [6.07, 6.45) is 0.769. The van der Waals surface area contributed by atoms with Crippen LogP contribution in [0.2, 0.25) is 0 Å². The normalized spacial score (nSPS) is 12.0. The van der Waals surface area contributed by atoms with Gasteiger partial charge < -0.3 is 4.74 Å². The molecule has 2 aromatic carbocycles. The van der Waals surface area contributed by atoms with Crippen molar-refractivity contribution in [1.29, 1.82) is 0 Å². The summed E-state index contributed by atoms with van der Waals surface area (Å²) < 4.78 is 21.4. The molecule has 1 heterocycles. The van der Waals surface area contributed by atoms with Gasteiger partial charge in [0, 0.05) is 0 Å². The maximum absolute atomic E-state index is 14.4. The van der Waals surface area contributed by atoms with Crippen molar-refractivity contribution >= 4 is 17.7 Å². The van der Waals surface area contributed by atoms with Crippen molar-refractivity contribution in [3.63, 3.8) is 0 Å². The minimum atomic E-state index is -0.446. The minimum Gasteiger partial charge on any atom is -0.465 e. The van der Waals surface area contributed by atoms with E-state index in [0.717, 1.165) is 12.0 Å². The summed E-state index contributed by atoms with van der Waals surface area (Å²) in [4.78, 5) is 12.1.